The first-order valence-electron chi connectivity index (χ1n) is 9.87. The number of carbonyl (C=O) groups excluding carboxylic acids is 2. The largest absolute Gasteiger partial charge is 0.379 e. The van der Waals surface area contributed by atoms with E-state index < -0.39 is 0 Å². The van der Waals surface area contributed by atoms with Gasteiger partial charge in [-0.3, -0.25) is 9.59 Å². The van der Waals surface area contributed by atoms with E-state index in [0.29, 0.717) is 51.1 Å². The molecule has 0 aromatic rings. The van der Waals surface area contributed by atoms with Crippen LogP contribution in [0, 0.1) is 11.8 Å². The quantitative estimate of drug-likeness (QED) is 0.415. The molecule has 0 aliphatic carbocycles. The van der Waals surface area contributed by atoms with Crippen LogP contribution in [0.15, 0.2) is 0 Å². The minimum atomic E-state index is 0.172. The van der Waals surface area contributed by atoms with Gasteiger partial charge in [-0.05, 0) is 24.7 Å². The van der Waals surface area contributed by atoms with Gasteiger partial charge in [-0.25, -0.2) is 0 Å². The molecule has 0 spiro atoms. The Kier molecular flexibility index (Phi) is 14.3. The van der Waals surface area contributed by atoms with Crippen molar-refractivity contribution in [2.24, 2.45) is 11.8 Å². The first kappa shape index (κ1) is 24.9. The summed E-state index contributed by atoms with van der Waals surface area (Å²) in [6, 6.07) is 0. The molecule has 0 saturated carbocycles. The third-order valence-corrected chi connectivity index (χ3v) is 3.86. The maximum absolute atomic E-state index is 11.9. The number of carbonyl (C=O) groups is 2. The number of nitrogens with zero attached hydrogens (tertiary/aromatic N) is 2. The van der Waals surface area contributed by atoms with Crippen LogP contribution in [0.2, 0.25) is 0 Å². The van der Waals surface area contributed by atoms with Crippen LogP contribution in [0.4, 0.5) is 0 Å². The van der Waals surface area contributed by atoms with Crippen LogP contribution >= 0.6 is 0 Å². The highest BCUT2D eigenvalue weighted by Crippen LogP contribution is 2.02. The Morgan fingerprint density at radius 1 is 0.692 bits per heavy atom. The summed E-state index contributed by atoms with van der Waals surface area (Å²) in [5.41, 5.74) is 0. The lowest BCUT2D eigenvalue weighted by Gasteiger charge is -2.19. The molecule has 0 fully saturated rings. The van der Waals surface area contributed by atoms with Crippen molar-refractivity contribution < 1.29 is 19.1 Å². The van der Waals surface area contributed by atoms with Crippen LogP contribution in [0.5, 0.6) is 0 Å². The van der Waals surface area contributed by atoms with Crippen LogP contribution in [0.3, 0.4) is 0 Å². The summed E-state index contributed by atoms with van der Waals surface area (Å²) in [7, 11) is 3.70. The lowest BCUT2D eigenvalue weighted by Crippen LogP contribution is -2.30. The second kappa shape index (κ2) is 15.0. The monoisotopic (exact) mass is 372 g/mol. The molecule has 0 aliphatic rings. The summed E-state index contributed by atoms with van der Waals surface area (Å²) in [6.45, 7) is 12.2. The Morgan fingerprint density at radius 2 is 1.04 bits per heavy atom. The van der Waals surface area contributed by atoms with Crippen molar-refractivity contribution in [3.05, 3.63) is 0 Å². The highest BCUT2D eigenvalue weighted by Gasteiger charge is 2.10. The van der Waals surface area contributed by atoms with Gasteiger partial charge in [0.25, 0.3) is 0 Å². The number of rotatable bonds is 15. The van der Waals surface area contributed by atoms with E-state index in [-0.39, 0.29) is 11.8 Å². The third-order valence-electron chi connectivity index (χ3n) is 3.86. The van der Waals surface area contributed by atoms with Gasteiger partial charge in [0.15, 0.2) is 0 Å². The second-order valence-corrected chi connectivity index (χ2v) is 7.77. The Hall–Kier alpha value is -1.14. The summed E-state index contributed by atoms with van der Waals surface area (Å²) in [6.07, 6.45) is 2.52. The molecular formula is C20H40N2O4. The number of hydrogen-bond donors (Lipinski definition) is 0. The van der Waals surface area contributed by atoms with Crippen molar-refractivity contribution in [1.29, 1.82) is 0 Å². The topological polar surface area (TPSA) is 59.1 Å². The fourth-order valence-corrected chi connectivity index (χ4v) is 2.65. The van der Waals surface area contributed by atoms with Crippen LogP contribution < -0.4 is 0 Å². The summed E-state index contributed by atoms with van der Waals surface area (Å²) >= 11 is 0. The molecule has 0 aromatic carbocycles. The SMILES string of the molecule is CC(C)CN(C)C(=O)CCCOCCOCCCC(=O)N(C)CC(C)C. The van der Waals surface area contributed by atoms with Gasteiger partial charge in [0.1, 0.15) is 0 Å². The molecule has 0 rings (SSSR count). The molecule has 0 aliphatic heterocycles. The maximum atomic E-state index is 11.9. The van der Waals surface area contributed by atoms with Crippen LogP contribution in [-0.4, -0.2) is 75.2 Å². The molecule has 6 heteroatoms. The van der Waals surface area contributed by atoms with Crippen molar-refractivity contribution in [3.8, 4) is 0 Å². The van der Waals surface area contributed by atoms with Crippen LogP contribution in [-0.2, 0) is 19.1 Å². The molecule has 2 amide bonds. The molecule has 154 valence electrons. The summed E-state index contributed by atoms with van der Waals surface area (Å²) < 4.78 is 11.0. The second-order valence-electron chi connectivity index (χ2n) is 7.77. The molecule has 0 aromatic heterocycles. The zero-order chi connectivity index (χ0) is 19.9. The Bertz CT molecular complexity index is 350. The van der Waals surface area contributed by atoms with Gasteiger partial charge in [0.05, 0.1) is 13.2 Å². The molecular weight excluding hydrogens is 332 g/mol. The average molecular weight is 373 g/mol. The van der Waals surface area contributed by atoms with Crippen molar-refractivity contribution in [1.82, 2.24) is 9.80 Å². The Morgan fingerprint density at radius 3 is 1.35 bits per heavy atom. The van der Waals surface area contributed by atoms with E-state index in [9.17, 15) is 9.59 Å². The number of amides is 2. The Balaban J connectivity index is 3.46. The van der Waals surface area contributed by atoms with E-state index in [4.69, 9.17) is 9.47 Å². The molecule has 0 saturated heterocycles. The lowest BCUT2D eigenvalue weighted by atomic mass is 10.2. The molecule has 0 radical (unpaired) electrons. The first-order chi connectivity index (χ1) is 12.2. The highest BCUT2D eigenvalue weighted by atomic mass is 16.5. The highest BCUT2D eigenvalue weighted by molar-refractivity contribution is 5.76. The molecule has 6 nitrogen and oxygen atoms in total. The summed E-state index contributed by atoms with van der Waals surface area (Å²) in [5, 5.41) is 0. The molecule has 0 bridgehead atoms. The van der Waals surface area contributed by atoms with Crippen LogP contribution in [0.25, 0.3) is 0 Å². The van der Waals surface area contributed by atoms with Crippen molar-refractivity contribution >= 4 is 11.8 Å². The molecule has 0 heterocycles. The number of ether oxygens (including phenoxy) is 2. The van der Waals surface area contributed by atoms with Crippen molar-refractivity contribution in [3.63, 3.8) is 0 Å². The van der Waals surface area contributed by atoms with Crippen molar-refractivity contribution in [2.45, 2.75) is 53.4 Å². The first-order valence-corrected chi connectivity index (χ1v) is 9.87. The summed E-state index contributed by atoms with van der Waals surface area (Å²) in [5.74, 6) is 1.32. The van der Waals surface area contributed by atoms with Gasteiger partial charge in [-0.2, -0.15) is 0 Å². The third kappa shape index (κ3) is 14.1. The van der Waals surface area contributed by atoms with Gasteiger partial charge in [0, 0.05) is 53.2 Å². The van der Waals surface area contributed by atoms with E-state index in [2.05, 4.69) is 27.7 Å². The van der Waals surface area contributed by atoms with E-state index >= 15 is 0 Å². The van der Waals surface area contributed by atoms with E-state index in [1.54, 1.807) is 9.80 Å². The predicted molar refractivity (Wildman–Crippen MR) is 105 cm³/mol. The summed E-state index contributed by atoms with van der Waals surface area (Å²) in [4.78, 5) is 27.3. The van der Waals surface area contributed by atoms with Gasteiger partial charge in [-0.15, -0.1) is 0 Å². The van der Waals surface area contributed by atoms with Gasteiger partial charge in [0.2, 0.25) is 11.8 Å². The molecule has 26 heavy (non-hydrogen) atoms. The fourth-order valence-electron chi connectivity index (χ4n) is 2.65. The number of hydrogen-bond acceptors (Lipinski definition) is 4. The Labute approximate surface area is 160 Å². The minimum Gasteiger partial charge on any atom is -0.379 e. The van der Waals surface area contributed by atoms with Gasteiger partial charge < -0.3 is 19.3 Å². The predicted octanol–water partition coefficient (Wildman–Crippen LogP) is 2.81. The lowest BCUT2D eigenvalue weighted by molar-refractivity contribution is -0.131. The fraction of sp³-hybridized carbons (Fsp3) is 0.900. The standard InChI is InChI=1S/C20H40N2O4/c1-17(2)15-21(5)19(23)9-7-11-25-13-14-26-12-8-10-20(24)22(6)16-18(3)4/h17-18H,7-16H2,1-6H3. The molecule has 0 N–H and O–H groups in total. The molecule has 0 unspecified atom stereocenters. The smallest absolute Gasteiger partial charge is 0.222 e. The van der Waals surface area contributed by atoms with Crippen LogP contribution in [0.1, 0.15) is 53.4 Å². The van der Waals surface area contributed by atoms with Gasteiger partial charge in [-0.1, -0.05) is 27.7 Å². The van der Waals surface area contributed by atoms with Crippen molar-refractivity contribution in [2.75, 3.05) is 53.6 Å². The maximum Gasteiger partial charge on any atom is 0.222 e. The molecule has 0 atom stereocenters. The zero-order valence-electron chi connectivity index (χ0n) is 17.8. The van der Waals surface area contributed by atoms with E-state index in [0.717, 1.165) is 25.9 Å². The van der Waals surface area contributed by atoms with E-state index in [1.807, 2.05) is 14.1 Å². The van der Waals surface area contributed by atoms with E-state index in [1.165, 1.54) is 0 Å². The minimum absolute atomic E-state index is 0.172. The van der Waals surface area contributed by atoms with Gasteiger partial charge >= 0.3 is 0 Å². The average Bonchev–Trinajstić information content (AvgIpc) is 2.54. The zero-order valence-corrected chi connectivity index (χ0v) is 17.8. The normalized spacial score (nSPS) is 11.2.